The van der Waals surface area contributed by atoms with Gasteiger partial charge in [-0.2, -0.15) is 5.26 Å². The monoisotopic (exact) mass is 273 g/mol. The number of aromatic nitrogens is 1. The Morgan fingerprint density at radius 1 is 1.45 bits per heavy atom. The van der Waals surface area contributed by atoms with Gasteiger partial charge in [0.25, 0.3) is 0 Å². The number of carbonyl (C=O) groups excluding carboxylic acids is 1. The topological polar surface area (TPSA) is 72.3 Å². The van der Waals surface area contributed by atoms with Crippen LogP contribution in [0, 0.1) is 11.3 Å². The van der Waals surface area contributed by atoms with Gasteiger partial charge in [0.2, 0.25) is 5.91 Å². The Kier molecular flexibility index (Phi) is 4.91. The first-order valence-corrected chi connectivity index (χ1v) is 6.77. The molecule has 1 aromatic heterocycles. The van der Waals surface area contributed by atoms with Crippen LogP contribution in [0.25, 0.3) is 0 Å². The van der Waals surface area contributed by atoms with Crippen LogP contribution in [0.5, 0.6) is 0 Å². The van der Waals surface area contributed by atoms with Crippen molar-refractivity contribution in [1.29, 1.82) is 5.26 Å². The molecule has 0 spiro atoms. The molecule has 1 amide bonds. The maximum atomic E-state index is 11.2. The second-order valence-electron chi connectivity index (χ2n) is 4.79. The van der Waals surface area contributed by atoms with Crippen molar-refractivity contribution in [2.24, 2.45) is 0 Å². The molecule has 0 aromatic carbocycles. The van der Waals surface area contributed by atoms with Crippen molar-refractivity contribution in [3.63, 3.8) is 0 Å². The van der Waals surface area contributed by atoms with Gasteiger partial charge in [0, 0.05) is 52.4 Å². The molecule has 0 saturated carbocycles. The fourth-order valence-electron chi connectivity index (χ4n) is 2.26. The summed E-state index contributed by atoms with van der Waals surface area (Å²) in [6.45, 7) is 6.62. The minimum atomic E-state index is 0.148. The predicted molar refractivity (Wildman–Crippen MR) is 76.1 cm³/mol. The summed E-state index contributed by atoms with van der Waals surface area (Å²) in [6, 6.07) is 5.63. The Bertz CT molecular complexity index is 503. The molecule has 1 aromatic rings. The minimum Gasteiger partial charge on any atom is -0.368 e. The van der Waals surface area contributed by atoms with E-state index in [1.807, 2.05) is 4.90 Å². The number of nitrogens with zero attached hydrogens (tertiary/aromatic N) is 4. The van der Waals surface area contributed by atoms with Crippen LogP contribution >= 0.6 is 0 Å². The maximum absolute atomic E-state index is 11.2. The van der Waals surface area contributed by atoms with E-state index in [2.05, 4.69) is 21.3 Å². The van der Waals surface area contributed by atoms with E-state index in [4.69, 9.17) is 5.26 Å². The minimum absolute atomic E-state index is 0.148. The van der Waals surface area contributed by atoms with Crippen molar-refractivity contribution in [1.82, 2.24) is 14.8 Å². The highest BCUT2D eigenvalue weighted by atomic mass is 16.2. The van der Waals surface area contributed by atoms with Crippen LogP contribution in [0.3, 0.4) is 0 Å². The first kappa shape index (κ1) is 14.3. The third-order valence-corrected chi connectivity index (χ3v) is 3.47. The lowest BCUT2D eigenvalue weighted by Gasteiger charge is -2.34. The maximum Gasteiger partial charge on any atom is 0.219 e. The summed E-state index contributed by atoms with van der Waals surface area (Å²) < 4.78 is 0. The number of nitrogens with one attached hydrogen (secondary N) is 1. The average Bonchev–Trinajstić information content (AvgIpc) is 2.48. The summed E-state index contributed by atoms with van der Waals surface area (Å²) in [6.07, 6.45) is 1.68. The van der Waals surface area contributed by atoms with Crippen molar-refractivity contribution in [2.45, 2.75) is 6.92 Å². The normalized spacial score (nSPS) is 15.7. The number of piperazine rings is 1. The number of carbonyl (C=O) groups is 1. The van der Waals surface area contributed by atoms with Crippen LogP contribution in [0.4, 0.5) is 5.82 Å². The van der Waals surface area contributed by atoms with Crippen molar-refractivity contribution in [3.8, 4) is 6.07 Å². The van der Waals surface area contributed by atoms with Gasteiger partial charge in [-0.05, 0) is 12.1 Å². The molecular formula is C14H19N5O. The SMILES string of the molecule is CC(=O)N1CCN(CCNc2ncccc2C#N)CC1. The molecule has 6 nitrogen and oxygen atoms in total. The number of hydrogen-bond acceptors (Lipinski definition) is 5. The largest absolute Gasteiger partial charge is 0.368 e. The molecule has 1 aliphatic rings. The van der Waals surface area contributed by atoms with Crippen LogP contribution < -0.4 is 5.32 Å². The number of nitriles is 1. The summed E-state index contributed by atoms with van der Waals surface area (Å²) in [4.78, 5) is 19.6. The summed E-state index contributed by atoms with van der Waals surface area (Å²) in [7, 11) is 0. The van der Waals surface area contributed by atoms with Gasteiger partial charge < -0.3 is 10.2 Å². The van der Waals surface area contributed by atoms with Gasteiger partial charge in [-0.25, -0.2) is 4.98 Å². The van der Waals surface area contributed by atoms with Gasteiger partial charge in [0.15, 0.2) is 0 Å². The Morgan fingerprint density at radius 2 is 2.20 bits per heavy atom. The van der Waals surface area contributed by atoms with Gasteiger partial charge in [-0.3, -0.25) is 9.69 Å². The molecule has 0 bridgehead atoms. The number of anilines is 1. The van der Waals surface area contributed by atoms with Crippen molar-refractivity contribution in [3.05, 3.63) is 23.9 Å². The fourth-order valence-corrected chi connectivity index (χ4v) is 2.26. The first-order valence-electron chi connectivity index (χ1n) is 6.77. The molecule has 1 N–H and O–H groups in total. The lowest BCUT2D eigenvalue weighted by Crippen LogP contribution is -2.49. The number of amides is 1. The molecule has 20 heavy (non-hydrogen) atoms. The second-order valence-corrected chi connectivity index (χ2v) is 4.79. The van der Waals surface area contributed by atoms with Gasteiger partial charge in [0.05, 0.1) is 5.56 Å². The lowest BCUT2D eigenvalue weighted by atomic mass is 10.3. The summed E-state index contributed by atoms with van der Waals surface area (Å²) in [5, 5.41) is 12.2. The molecule has 1 aliphatic heterocycles. The van der Waals surface area contributed by atoms with Crippen LogP contribution in [0.2, 0.25) is 0 Å². The lowest BCUT2D eigenvalue weighted by molar-refractivity contribution is -0.130. The van der Waals surface area contributed by atoms with E-state index in [0.717, 1.165) is 39.3 Å². The molecule has 6 heteroatoms. The van der Waals surface area contributed by atoms with E-state index < -0.39 is 0 Å². The van der Waals surface area contributed by atoms with Crippen molar-refractivity contribution < 1.29 is 4.79 Å². The highest BCUT2D eigenvalue weighted by Gasteiger charge is 2.17. The smallest absolute Gasteiger partial charge is 0.219 e. The standard InChI is InChI=1S/C14H19N5O/c1-12(20)19-9-7-18(8-10-19)6-5-17-14-13(11-15)3-2-4-16-14/h2-4H,5-10H2,1H3,(H,16,17). The molecular weight excluding hydrogens is 254 g/mol. The van der Waals surface area contributed by atoms with Gasteiger partial charge in [0.1, 0.15) is 11.9 Å². The van der Waals surface area contributed by atoms with Crippen molar-refractivity contribution in [2.75, 3.05) is 44.6 Å². The van der Waals surface area contributed by atoms with E-state index in [0.29, 0.717) is 11.4 Å². The third kappa shape index (κ3) is 3.68. The highest BCUT2D eigenvalue weighted by molar-refractivity contribution is 5.73. The van der Waals surface area contributed by atoms with Crippen LogP contribution in [-0.2, 0) is 4.79 Å². The molecule has 0 radical (unpaired) electrons. The van der Waals surface area contributed by atoms with Gasteiger partial charge in [-0.1, -0.05) is 0 Å². The molecule has 1 fully saturated rings. The number of hydrogen-bond donors (Lipinski definition) is 1. The summed E-state index contributed by atoms with van der Waals surface area (Å²) >= 11 is 0. The summed E-state index contributed by atoms with van der Waals surface area (Å²) in [5.41, 5.74) is 0.564. The zero-order valence-corrected chi connectivity index (χ0v) is 11.7. The Morgan fingerprint density at radius 3 is 2.85 bits per heavy atom. The molecule has 2 rings (SSSR count). The summed E-state index contributed by atoms with van der Waals surface area (Å²) in [5.74, 6) is 0.785. The molecule has 2 heterocycles. The highest BCUT2D eigenvalue weighted by Crippen LogP contribution is 2.09. The van der Waals surface area contributed by atoms with E-state index in [1.165, 1.54) is 0 Å². The third-order valence-electron chi connectivity index (χ3n) is 3.47. The van der Waals surface area contributed by atoms with Crippen molar-refractivity contribution >= 4 is 11.7 Å². The van der Waals surface area contributed by atoms with Crippen LogP contribution in [0.15, 0.2) is 18.3 Å². The molecule has 0 unspecified atom stereocenters. The quantitative estimate of drug-likeness (QED) is 0.866. The zero-order chi connectivity index (χ0) is 14.4. The van der Waals surface area contributed by atoms with E-state index >= 15 is 0 Å². The zero-order valence-electron chi connectivity index (χ0n) is 11.7. The predicted octanol–water partition coefficient (Wildman–Crippen LogP) is 0.529. The van der Waals surface area contributed by atoms with E-state index in [1.54, 1.807) is 25.3 Å². The van der Waals surface area contributed by atoms with Gasteiger partial charge >= 0.3 is 0 Å². The first-order chi connectivity index (χ1) is 9.70. The fraction of sp³-hybridized carbons (Fsp3) is 0.500. The van der Waals surface area contributed by atoms with Gasteiger partial charge in [-0.15, -0.1) is 0 Å². The Balaban J connectivity index is 1.75. The number of pyridine rings is 1. The van der Waals surface area contributed by atoms with Crippen LogP contribution in [0.1, 0.15) is 12.5 Å². The second kappa shape index (κ2) is 6.87. The molecule has 1 saturated heterocycles. The molecule has 0 atom stereocenters. The van der Waals surface area contributed by atoms with E-state index in [-0.39, 0.29) is 5.91 Å². The molecule has 0 aliphatic carbocycles. The Labute approximate surface area is 119 Å². The van der Waals surface area contributed by atoms with E-state index in [9.17, 15) is 4.79 Å². The Hall–Kier alpha value is -2.13. The average molecular weight is 273 g/mol. The van der Waals surface area contributed by atoms with Crippen LogP contribution in [-0.4, -0.2) is 60.0 Å². The number of rotatable bonds is 4. The molecule has 106 valence electrons.